The van der Waals surface area contributed by atoms with E-state index in [0.29, 0.717) is 42.1 Å². The summed E-state index contributed by atoms with van der Waals surface area (Å²) in [5, 5.41) is 6.27. The number of rotatable bonds is 12. The summed E-state index contributed by atoms with van der Waals surface area (Å²) in [6.07, 6.45) is 1.11. The number of amidine groups is 2. The van der Waals surface area contributed by atoms with Crippen molar-refractivity contribution in [1.82, 2.24) is 15.5 Å². The minimum atomic E-state index is -0.675. The monoisotopic (exact) mass is 537 g/mol. The summed E-state index contributed by atoms with van der Waals surface area (Å²) in [5.41, 5.74) is 2.30. The summed E-state index contributed by atoms with van der Waals surface area (Å²) in [5.74, 6) is 0.692. The second-order valence-electron chi connectivity index (χ2n) is 8.68. The second-order valence-corrected chi connectivity index (χ2v) is 9.63. The quantitative estimate of drug-likeness (QED) is 0.399. The van der Waals surface area contributed by atoms with Gasteiger partial charge in [-0.2, -0.15) is 4.99 Å². The van der Waals surface area contributed by atoms with Crippen molar-refractivity contribution in [3.8, 4) is 5.75 Å². The number of methoxy groups -OCH3 is 2. The Morgan fingerprint density at radius 3 is 2.63 bits per heavy atom. The van der Waals surface area contributed by atoms with E-state index >= 15 is 0 Å². The van der Waals surface area contributed by atoms with Crippen LogP contribution in [0.3, 0.4) is 0 Å². The zero-order valence-corrected chi connectivity index (χ0v) is 22.3. The van der Waals surface area contributed by atoms with Gasteiger partial charge >= 0.3 is 0 Å². The van der Waals surface area contributed by atoms with E-state index in [1.54, 1.807) is 19.1 Å². The number of fused-ring (bicyclic) bond motifs is 3. The van der Waals surface area contributed by atoms with Crippen LogP contribution in [0.4, 0.5) is 5.69 Å². The maximum atomic E-state index is 13.0. The molecule has 0 radical (unpaired) electrons. The number of amides is 3. The fraction of sp³-hybridized carbons (Fsp3) is 0.370. The zero-order valence-electron chi connectivity index (χ0n) is 21.4. The molecule has 1 unspecified atom stereocenters. The number of para-hydroxylation sites is 2. The highest BCUT2D eigenvalue weighted by Gasteiger charge is 2.41. The predicted octanol–water partition coefficient (Wildman–Crippen LogP) is 2.64. The smallest absolute Gasteiger partial charge is 0.270 e. The number of benzene rings is 2. The standard InChI is InChI=1S/C27H31N5O5S/c1-36-15-7-14-28-24(34)17-38-27-30-20-10-5-4-9-19(20)25-31-26(35)21(32(25)27)12-13-23(33)29-16-18-8-3-6-11-22(18)37-2/h3-6,8-11,21H,7,12-17H2,1-2H3,(H,28,34)(H,29,33). The number of carbonyl (C=O) groups is 3. The van der Waals surface area contributed by atoms with Crippen molar-refractivity contribution >= 4 is 46.2 Å². The molecular weight excluding hydrogens is 506 g/mol. The van der Waals surface area contributed by atoms with Crippen molar-refractivity contribution in [2.45, 2.75) is 31.8 Å². The summed E-state index contributed by atoms with van der Waals surface area (Å²) >= 11 is 1.25. The van der Waals surface area contributed by atoms with Gasteiger partial charge in [0.15, 0.2) is 5.17 Å². The van der Waals surface area contributed by atoms with E-state index in [1.807, 2.05) is 48.5 Å². The van der Waals surface area contributed by atoms with Gasteiger partial charge in [0, 0.05) is 44.4 Å². The molecule has 0 aliphatic carbocycles. The van der Waals surface area contributed by atoms with Gasteiger partial charge in [-0.3, -0.25) is 19.3 Å². The molecule has 2 heterocycles. The summed E-state index contributed by atoms with van der Waals surface area (Å²) in [4.78, 5) is 48.8. The van der Waals surface area contributed by atoms with E-state index in [1.165, 1.54) is 11.8 Å². The van der Waals surface area contributed by atoms with E-state index in [9.17, 15) is 14.4 Å². The van der Waals surface area contributed by atoms with Crippen LogP contribution in [0.15, 0.2) is 58.5 Å². The number of hydrogen-bond acceptors (Lipinski definition) is 8. The number of ether oxygens (including phenoxy) is 2. The van der Waals surface area contributed by atoms with Crippen LogP contribution in [0.2, 0.25) is 0 Å². The lowest BCUT2D eigenvalue weighted by Gasteiger charge is -2.31. The maximum Gasteiger partial charge on any atom is 0.270 e. The van der Waals surface area contributed by atoms with Crippen molar-refractivity contribution in [3.63, 3.8) is 0 Å². The molecule has 0 aromatic heterocycles. The lowest BCUT2D eigenvalue weighted by Crippen LogP contribution is -2.44. The highest BCUT2D eigenvalue weighted by Crippen LogP contribution is 2.35. The molecule has 2 aliphatic heterocycles. The normalized spacial score (nSPS) is 15.8. The molecule has 200 valence electrons. The van der Waals surface area contributed by atoms with E-state index in [4.69, 9.17) is 14.5 Å². The number of nitrogens with zero attached hydrogens (tertiary/aromatic N) is 3. The Hall–Kier alpha value is -3.70. The topological polar surface area (TPSA) is 122 Å². The highest BCUT2D eigenvalue weighted by atomic mass is 32.2. The van der Waals surface area contributed by atoms with Gasteiger partial charge < -0.3 is 20.1 Å². The summed E-state index contributed by atoms with van der Waals surface area (Å²) in [6, 6.07) is 14.2. The molecule has 0 fully saturated rings. The summed E-state index contributed by atoms with van der Waals surface area (Å²) in [6.45, 7) is 1.41. The van der Waals surface area contributed by atoms with Crippen LogP contribution in [-0.4, -0.2) is 72.8 Å². The summed E-state index contributed by atoms with van der Waals surface area (Å²) in [7, 11) is 3.20. The Bertz CT molecular complexity index is 1250. The SMILES string of the molecule is COCCCNC(=O)CSC1=Nc2ccccc2C2=NC(=O)C(CCC(=O)NCc3ccccc3OC)N12. The predicted molar refractivity (Wildman–Crippen MR) is 147 cm³/mol. The molecule has 3 amide bonds. The molecule has 10 nitrogen and oxygen atoms in total. The zero-order chi connectivity index (χ0) is 26.9. The van der Waals surface area contributed by atoms with Gasteiger partial charge in [0.2, 0.25) is 11.8 Å². The van der Waals surface area contributed by atoms with Crippen molar-refractivity contribution in [2.24, 2.45) is 9.98 Å². The average molecular weight is 538 g/mol. The number of nitrogens with one attached hydrogen (secondary N) is 2. The number of carbonyl (C=O) groups excluding carboxylic acids is 3. The minimum absolute atomic E-state index is 0.129. The first-order valence-corrected chi connectivity index (χ1v) is 13.4. The van der Waals surface area contributed by atoms with Gasteiger partial charge in [-0.05, 0) is 31.0 Å². The fourth-order valence-corrected chi connectivity index (χ4v) is 5.08. The number of aliphatic imine (C=N–C) groups is 2. The van der Waals surface area contributed by atoms with Crippen molar-refractivity contribution < 1.29 is 23.9 Å². The van der Waals surface area contributed by atoms with E-state index in [0.717, 1.165) is 17.5 Å². The van der Waals surface area contributed by atoms with Crippen LogP contribution in [0.5, 0.6) is 5.75 Å². The Morgan fingerprint density at radius 2 is 1.82 bits per heavy atom. The maximum absolute atomic E-state index is 13.0. The van der Waals surface area contributed by atoms with Crippen LogP contribution < -0.4 is 15.4 Å². The van der Waals surface area contributed by atoms with Crippen molar-refractivity contribution in [3.05, 3.63) is 59.7 Å². The van der Waals surface area contributed by atoms with Crippen LogP contribution >= 0.6 is 11.8 Å². The Kier molecular flexibility index (Phi) is 9.50. The van der Waals surface area contributed by atoms with Crippen LogP contribution in [0, 0.1) is 0 Å². The molecule has 4 rings (SSSR count). The molecule has 0 spiro atoms. The molecule has 2 aliphatic rings. The second kappa shape index (κ2) is 13.2. The van der Waals surface area contributed by atoms with Gasteiger partial charge in [-0.25, -0.2) is 4.99 Å². The van der Waals surface area contributed by atoms with Gasteiger partial charge in [0.05, 0.1) is 18.6 Å². The molecule has 2 aromatic carbocycles. The molecule has 11 heteroatoms. The van der Waals surface area contributed by atoms with E-state index in [-0.39, 0.29) is 36.3 Å². The van der Waals surface area contributed by atoms with Gasteiger partial charge in [0.1, 0.15) is 17.6 Å². The average Bonchev–Trinajstić information content (AvgIpc) is 3.28. The Balaban J connectivity index is 1.41. The van der Waals surface area contributed by atoms with Crippen LogP contribution in [-0.2, 0) is 25.7 Å². The molecule has 0 saturated heterocycles. The molecule has 0 saturated carbocycles. The van der Waals surface area contributed by atoms with Crippen molar-refractivity contribution in [1.29, 1.82) is 0 Å². The number of thioether (sulfide) groups is 1. The third-order valence-corrected chi connectivity index (χ3v) is 7.05. The lowest BCUT2D eigenvalue weighted by atomic mass is 10.1. The molecule has 2 aromatic rings. The molecule has 0 bridgehead atoms. The Morgan fingerprint density at radius 1 is 1.03 bits per heavy atom. The highest BCUT2D eigenvalue weighted by molar-refractivity contribution is 8.14. The first kappa shape index (κ1) is 27.3. The largest absolute Gasteiger partial charge is 0.496 e. The molecular formula is C27H31N5O5S. The first-order chi connectivity index (χ1) is 18.5. The van der Waals surface area contributed by atoms with Gasteiger partial charge in [-0.15, -0.1) is 0 Å². The first-order valence-electron chi connectivity index (χ1n) is 12.4. The molecule has 38 heavy (non-hydrogen) atoms. The third kappa shape index (κ3) is 6.59. The minimum Gasteiger partial charge on any atom is -0.496 e. The molecule has 2 N–H and O–H groups in total. The van der Waals surface area contributed by atoms with Crippen LogP contribution in [0.25, 0.3) is 0 Å². The summed E-state index contributed by atoms with van der Waals surface area (Å²) < 4.78 is 10.3. The molecule has 1 atom stereocenters. The third-order valence-electron chi connectivity index (χ3n) is 6.10. The van der Waals surface area contributed by atoms with E-state index in [2.05, 4.69) is 15.6 Å². The lowest BCUT2D eigenvalue weighted by molar-refractivity contribution is -0.122. The van der Waals surface area contributed by atoms with Gasteiger partial charge in [-0.1, -0.05) is 42.1 Å². The van der Waals surface area contributed by atoms with Gasteiger partial charge in [0.25, 0.3) is 5.91 Å². The fourth-order valence-electron chi connectivity index (χ4n) is 4.20. The number of hydrogen-bond donors (Lipinski definition) is 2. The Labute approximate surface area is 225 Å². The van der Waals surface area contributed by atoms with Crippen LogP contribution in [0.1, 0.15) is 30.4 Å². The van der Waals surface area contributed by atoms with Crippen molar-refractivity contribution in [2.75, 3.05) is 33.1 Å². The van der Waals surface area contributed by atoms with E-state index < -0.39 is 6.04 Å².